The molecule has 0 spiro atoms. The second kappa shape index (κ2) is 7.91. The molecule has 1 aliphatic heterocycles. The van der Waals surface area contributed by atoms with Gasteiger partial charge in [0.25, 0.3) is 0 Å². The molecule has 2 amide bonds. The van der Waals surface area contributed by atoms with E-state index in [0.29, 0.717) is 24.1 Å². The fourth-order valence-electron chi connectivity index (χ4n) is 2.90. The summed E-state index contributed by atoms with van der Waals surface area (Å²) in [6.07, 6.45) is 0.835. The predicted octanol–water partition coefficient (Wildman–Crippen LogP) is 2.64. The Morgan fingerprint density at radius 2 is 1.92 bits per heavy atom. The number of nitrogens with one attached hydrogen (secondary N) is 2. The van der Waals surface area contributed by atoms with E-state index in [-0.39, 0.29) is 42.7 Å². The van der Waals surface area contributed by atoms with E-state index >= 15 is 0 Å². The van der Waals surface area contributed by atoms with Gasteiger partial charge in [0, 0.05) is 30.6 Å². The maximum atomic E-state index is 13.5. The zero-order valence-corrected chi connectivity index (χ0v) is 14.2. The number of hydrogen-bond acceptors (Lipinski definition) is 3. The van der Waals surface area contributed by atoms with Crippen molar-refractivity contribution in [1.29, 1.82) is 0 Å². The van der Waals surface area contributed by atoms with Gasteiger partial charge in [-0.1, -0.05) is 18.2 Å². The summed E-state index contributed by atoms with van der Waals surface area (Å²) in [5.41, 5.74) is 2.58. The third kappa shape index (κ3) is 4.33. The van der Waals surface area contributed by atoms with E-state index in [1.165, 1.54) is 6.07 Å². The first-order valence-corrected chi connectivity index (χ1v) is 8.49. The van der Waals surface area contributed by atoms with Crippen molar-refractivity contribution in [2.45, 2.75) is 25.7 Å². The molecule has 0 aliphatic carbocycles. The highest BCUT2D eigenvalue weighted by Gasteiger charge is 2.19. The minimum absolute atomic E-state index is 0.0738. The number of ketones is 1. The molecule has 134 valence electrons. The molecule has 3 rings (SSSR count). The molecule has 1 heterocycles. The molecule has 2 aromatic rings. The van der Waals surface area contributed by atoms with E-state index in [0.717, 1.165) is 11.3 Å². The van der Waals surface area contributed by atoms with Gasteiger partial charge in [-0.3, -0.25) is 14.4 Å². The fraction of sp³-hybridized carbons (Fsp3) is 0.250. The molecular formula is C20H19FN2O3. The molecule has 6 heteroatoms. The molecule has 0 atom stereocenters. The monoisotopic (exact) mass is 354 g/mol. The van der Waals surface area contributed by atoms with Gasteiger partial charge < -0.3 is 10.6 Å². The molecular weight excluding hydrogens is 335 g/mol. The number of amides is 2. The third-order valence-corrected chi connectivity index (χ3v) is 4.31. The number of carbonyl (C=O) groups is 3. The summed E-state index contributed by atoms with van der Waals surface area (Å²) in [7, 11) is 0. The molecule has 5 nitrogen and oxygen atoms in total. The number of Topliss-reactive ketones (excluding diaryl/α,β-unsaturated/α-hetero) is 1. The van der Waals surface area contributed by atoms with Crippen LogP contribution in [0.15, 0.2) is 42.5 Å². The highest BCUT2D eigenvalue weighted by Crippen LogP contribution is 2.24. The quantitative estimate of drug-likeness (QED) is 0.751. The lowest BCUT2D eigenvalue weighted by molar-refractivity contribution is -0.121. The fourth-order valence-corrected chi connectivity index (χ4v) is 2.90. The summed E-state index contributed by atoms with van der Waals surface area (Å²) in [4.78, 5) is 35.5. The second-order valence-electron chi connectivity index (χ2n) is 6.21. The van der Waals surface area contributed by atoms with Gasteiger partial charge in [0.2, 0.25) is 11.8 Å². The molecule has 26 heavy (non-hydrogen) atoms. The number of halogens is 1. The molecule has 0 bridgehead atoms. The van der Waals surface area contributed by atoms with Crippen LogP contribution in [0.1, 0.15) is 34.3 Å². The highest BCUT2D eigenvalue weighted by atomic mass is 19.1. The van der Waals surface area contributed by atoms with E-state index in [2.05, 4.69) is 10.6 Å². The summed E-state index contributed by atoms with van der Waals surface area (Å²) in [6, 6.07) is 11.5. The average Bonchev–Trinajstić information content (AvgIpc) is 3.00. The van der Waals surface area contributed by atoms with Crippen molar-refractivity contribution < 1.29 is 18.8 Å². The Kier molecular flexibility index (Phi) is 5.41. The van der Waals surface area contributed by atoms with Crippen molar-refractivity contribution in [2.24, 2.45) is 0 Å². The Labute approximate surface area is 150 Å². The lowest BCUT2D eigenvalue weighted by atomic mass is 10.0. The van der Waals surface area contributed by atoms with Gasteiger partial charge in [0.15, 0.2) is 5.78 Å². The van der Waals surface area contributed by atoms with Gasteiger partial charge >= 0.3 is 0 Å². The van der Waals surface area contributed by atoms with Crippen LogP contribution < -0.4 is 10.6 Å². The maximum Gasteiger partial charge on any atom is 0.228 e. The van der Waals surface area contributed by atoms with Crippen LogP contribution >= 0.6 is 0 Å². The van der Waals surface area contributed by atoms with Crippen LogP contribution in [-0.2, 0) is 22.4 Å². The Bertz CT molecular complexity index is 864. The Morgan fingerprint density at radius 3 is 2.73 bits per heavy atom. The van der Waals surface area contributed by atoms with Gasteiger partial charge in [0.05, 0.1) is 6.42 Å². The maximum absolute atomic E-state index is 13.5. The summed E-state index contributed by atoms with van der Waals surface area (Å²) in [6.45, 7) is 0.320. The number of carbonyl (C=O) groups excluding carboxylic acids is 3. The topological polar surface area (TPSA) is 75.3 Å². The van der Waals surface area contributed by atoms with Crippen molar-refractivity contribution in [3.05, 3.63) is 65.0 Å². The summed E-state index contributed by atoms with van der Waals surface area (Å²) in [5.74, 6) is -0.760. The summed E-state index contributed by atoms with van der Waals surface area (Å²) in [5, 5.41) is 5.41. The van der Waals surface area contributed by atoms with E-state index in [1.807, 2.05) is 0 Å². The van der Waals surface area contributed by atoms with Crippen molar-refractivity contribution >= 4 is 23.3 Å². The lowest BCUT2D eigenvalue weighted by Crippen LogP contribution is -2.26. The van der Waals surface area contributed by atoms with Crippen LogP contribution in [0.4, 0.5) is 10.1 Å². The third-order valence-electron chi connectivity index (χ3n) is 4.31. The van der Waals surface area contributed by atoms with Crippen LogP contribution in [0.2, 0.25) is 0 Å². The van der Waals surface area contributed by atoms with E-state index in [4.69, 9.17) is 0 Å². The summed E-state index contributed by atoms with van der Waals surface area (Å²) >= 11 is 0. The molecule has 2 aromatic carbocycles. The molecule has 0 radical (unpaired) electrons. The zero-order chi connectivity index (χ0) is 18.5. The standard InChI is InChI=1S/C20H19FN2O3/c21-16-4-2-1-3-13(16)9-10-22-19(25)8-7-18(24)14-5-6-17-15(11-14)12-20(26)23-17/h1-6,11H,7-10,12H2,(H,22,25)(H,23,26). The van der Waals surface area contributed by atoms with Crippen molar-refractivity contribution in [2.75, 3.05) is 11.9 Å². The van der Waals surface area contributed by atoms with Gasteiger partial charge in [-0.2, -0.15) is 0 Å². The molecule has 2 N–H and O–H groups in total. The van der Waals surface area contributed by atoms with Crippen molar-refractivity contribution in [3.63, 3.8) is 0 Å². The van der Waals surface area contributed by atoms with E-state index < -0.39 is 0 Å². The number of benzene rings is 2. The zero-order valence-electron chi connectivity index (χ0n) is 14.2. The predicted molar refractivity (Wildman–Crippen MR) is 95.5 cm³/mol. The van der Waals surface area contributed by atoms with Gasteiger partial charge in [-0.15, -0.1) is 0 Å². The normalized spacial score (nSPS) is 12.4. The average molecular weight is 354 g/mol. The lowest BCUT2D eigenvalue weighted by Gasteiger charge is -2.07. The minimum Gasteiger partial charge on any atom is -0.356 e. The Morgan fingerprint density at radius 1 is 1.12 bits per heavy atom. The number of anilines is 1. The smallest absolute Gasteiger partial charge is 0.228 e. The molecule has 1 aliphatic rings. The molecule has 0 saturated carbocycles. The van der Waals surface area contributed by atoms with E-state index in [9.17, 15) is 18.8 Å². The van der Waals surface area contributed by atoms with Crippen molar-refractivity contribution in [1.82, 2.24) is 5.32 Å². The second-order valence-corrected chi connectivity index (χ2v) is 6.21. The first-order valence-electron chi connectivity index (χ1n) is 8.49. The first-order chi connectivity index (χ1) is 12.5. The first kappa shape index (κ1) is 17.8. The Balaban J connectivity index is 1.44. The van der Waals surface area contributed by atoms with Crippen molar-refractivity contribution in [3.8, 4) is 0 Å². The number of fused-ring (bicyclic) bond motifs is 1. The van der Waals surface area contributed by atoms with Crippen LogP contribution in [-0.4, -0.2) is 24.1 Å². The number of rotatable bonds is 7. The largest absolute Gasteiger partial charge is 0.356 e. The van der Waals surface area contributed by atoms with Gasteiger partial charge in [0.1, 0.15) is 5.82 Å². The molecule has 0 aromatic heterocycles. The molecule has 0 saturated heterocycles. The molecule has 0 fully saturated rings. The minimum atomic E-state index is -0.290. The summed E-state index contributed by atoms with van der Waals surface area (Å²) < 4.78 is 13.5. The van der Waals surface area contributed by atoms with Crippen LogP contribution in [0, 0.1) is 5.82 Å². The molecule has 0 unspecified atom stereocenters. The highest BCUT2D eigenvalue weighted by molar-refractivity contribution is 6.02. The van der Waals surface area contributed by atoms with Gasteiger partial charge in [-0.25, -0.2) is 4.39 Å². The Hall–Kier alpha value is -3.02. The van der Waals surface area contributed by atoms with Crippen LogP contribution in [0.3, 0.4) is 0 Å². The van der Waals surface area contributed by atoms with Crippen LogP contribution in [0.5, 0.6) is 0 Å². The van der Waals surface area contributed by atoms with E-state index in [1.54, 1.807) is 36.4 Å². The van der Waals surface area contributed by atoms with Gasteiger partial charge in [-0.05, 0) is 41.8 Å². The van der Waals surface area contributed by atoms with Crippen LogP contribution in [0.25, 0.3) is 0 Å². The SMILES string of the molecule is O=C(CCC(=O)c1ccc2c(c1)CC(=O)N2)NCCc1ccccc1F. The number of hydrogen-bond donors (Lipinski definition) is 2.